The number of phenols is 1. The number of carbonyl (C=O) groups excluding carboxylic acids is 1. The number of alkyl halides is 3. The van der Waals surface area contributed by atoms with Gasteiger partial charge in [-0.3, -0.25) is 4.79 Å². The highest BCUT2D eigenvalue weighted by molar-refractivity contribution is 6.06. The van der Waals surface area contributed by atoms with Gasteiger partial charge in [0, 0.05) is 0 Å². The molecule has 0 aromatic heterocycles. The minimum atomic E-state index is -4.61. The zero-order valence-electron chi connectivity index (χ0n) is 15.1. The summed E-state index contributed by atoms with van der Waals surface area (Å²) in [6.45, 7) is 0. The van der Waals surface area contributed by atoms with E-state index < -0.39 is 17.6 Å². The van der Waals surface area contributed by atoms with Crippen LogP contribution in [0.25, 0.3) is 0 Å². The van der Waals surface area contributed by atoms with Crippen LogP contribution in [0.2, 0.25) is 0 Å². The van der Waals surface area contributed by atoms with Crippen LogP contribution in [-0.4, -0.2) is 18.1 Å². The molecule has 0 unspecified atom stereocenters. The molecular weight excluding hydrogens is 387 g/mol. The third kappa shape index (κ3) is 4.78. The second-order valence-electron chi connectivity index (χ2n) is 5.88. The molecule has 3 rings (SSSR count). The van der Waals surface area contributed by atoms with E-state index in [1.807, 2.05) is 0 Å². The Hall–Kier alpha value is -3.68. The highest BCUT2D eigenvalue weighted by Gasteiger charge is 2.31. The number of hydrogen-bond acceptors (Lipinski definition) is 4. The smallest absolute Gasteiger partial charge is 0.416 e. The third-order valence-electron chi connectivity index (χ3n) is 3.93. The molecule has 0 aliphatic heterocycles. The number of halogens is 3. The maximum Gasteiger partial charge on any atom is 0.416 e. The Bertz CT molecular complexity index is 1020. The molecular formula is C21H15F3NO4. The first-order valence-electron chi connectivity index (χ1n) is 8.31. The summed E-state index contributed by atoms with van der Waals surface area (Å²) in [7, 11) is 1.50. The number of benzene rings is 3. The van der Waals surface area contributed by atoms with Gasteiger partial charge in [-0.05, 0) is 60.7 Å². The van der Waals surface area contributed by atoms with E-state index in [0.717, 1.165) is 18.2 Å². The Morgan fingerprint density at radius 3 is 2.38 bits per heavy atom. The van der Waals surface area contributed by atoms with Crippen molar-refractivity contribution in [3.63, 3.8) is 0 Å². The van der Waals surface area contributed by atoms with Crippen LogP contribution in [0.4, 0.5) is 18.9 Å². The molecule has 149 valence electrons. The van der Waals surface area contributed by atoms with Crippen molar-refractivity contribution in [1.29, 1.82) is 0 Å². The van der Waals surface area contributed by atoms with E-state index in [0.29, 0.717) is 11.5 Å². The number of nitrogens with one attached hydrogen (secondary N) is 1. The van der Waals surface area contributed by atoms with Crippen LogP contribution in [0.15, 0.2) is 60.7 Å². The molecule has 0 aliphatic carbocycles. The molecule has 0 fully saturated rings. The van der Waals surface area contributed by atoms with Crippen LogP contribution < -0.4 is 14.8 Å². The van der Waals surface area contributed by atoms with Crippen LogP contribution in [0.3, 0.4) is 0 Å². The summed E-state index contributed by atoms with van der Waals surface area (Å²) < 4.78 is 50.0. The van der Waals surface area contributed by atoms with Crippen molar-refractivity contribution in [2.24, 2.45) is 0 Å². The van der Waals surface area contributed by atoms with Crippen molar-refractivity contribution in [2.45, 2.75) is 6.18 Å². The highest BCUT2D eigenvalue weighted by Crippen LogP contribution is 2.37. The summed E-state index contributed by atoms with van der Waals surface area (Å²) in [5.41, 5.74) is -1.30. The largest absolute Gasteiger partial charge is 0.507 e. The molecule has 2 N–H and O–H groups in total. The number of phenolic OH excluding ortho intramolecular Hbond substituents is 1. The summed E-state index contributed by atoms with van der Waals surface area (Å²) in [6, 6.07) is 15.6. The highest BCUT2D eigenvalue weighted by atomic mass is 19.4. The fourth-order valence-electron chi connectivity index (χ4n) is 2.46. The quantitative estimate of drug-likeness (QED) is 0.611. The Morgan fingerprint density at radius 1 is 1.07 bits per heavy atom. The Labute approximate surface area is 164 Å². The Morgan fingerprint density at radius 2 is 1.76 bits per heavy atom. The van der Waals surface area contributed by atoms with Crippen molar-refractivity contribution in [3.05, 3.63) is 77.9 Å². The van der Waals surface area contributed by atoms with E-state index in [2.05, 4.69) is 11.4 Å². The summed E-state index contributed by atoms with van der Waals surface area (Å²) in [5.74, 6) is -0.230. The van der Waals surface area contributed by atoms with E-state index in [9.17, 15) is 23.1 Å². The summed E-state index contributed by atoms with van der Waals surface area (Å²) in [5, 5.41) is 12.1. The van der Waals surface area contributed by atoms with Gasteiger partial charge in [-0.25, -0.2) is 0 Å². The molecule has 0 saturated heterocycles. The van der Waals surface area contributed by atoms with Gasteiger partial charge in [-0.1, -0.05) is 6.07 Å². The van der Waals surface area contributed by atoms with Crippen LogP contribution in [-0.2, 0) is 6.18 Å². The maximum atomic E-state index is 13.1. The molecule has 8 heteroatoms. The standard InChI is InChI=1S/C21H15F3NO4/c1-28-14-7-9-15(10-8-14)29-19-11-6-13(21(22,23)24)12-17(19)25-20(27)16-4-2-3-5-18(16)26/h3-12,26H,1H3,(H,25,27). The molecule has 29 heavy (non-hydrogen) atoms. The summed E-state index contributed by atoms with van der Waals surface area (Å²) in [6.07, 6.45) is -4.61. The minimum Gasteiger partial charge on any atom is -0.507 e. The average molecular weight is 402 g/mol. The number of hydrogen-bond donors (Lipinski definition) is 2. The number of aromatic hydroxyl groups is 1. The van der Waals surface area contributed by atoms with Gasteiger partial charge in [-0.15, -0.1) is 0 Å². The fourth-order valence-corrected chi connectivity index (χ4v) is 2.46. The van der Waals surface area contributed by atoms with E-state index >= 15 is 0 Å². The van der Waals surface area contributed by atoms with E-state index in [1.165, 1.54) is 25.3 Å². The molecule has 1 amide bonds. The van der Waals surface area contributed by atoms with E-state index in [-0.39, 0.29) is 22.7 Å². The molecule has 3 aromatic carbocycles. The number of rotatable bonds is 5. The summed E-state index contributed by atoms with van der Waals surface area (Å²) >= 11 is 0. The number of methoxy groups -OCH3 is 1. The molecule has 3 aromatic rings. The van der Waals surface area contributed by atoms with Crippen molar-refractivity contribution in [2.75, 3.05) is 12.4 Å². The Kier molecular flexibility index (Phi) is 5.63. The first-order valence-corrected chi connectivity index (χ1v) is 8.31. The fraction of sp³-hybridized carbons (Fsp3) is 0.0952. The van der Waals surface area contributed by atoms with Gasteiger partial charge in [0.25, 0.3) is 5.91 Å². The lowest BCUT2D eigenvalue weighted by molar-refractivity contribution is -0.137. The van der Waals surface area contributed by atoms with Gasteiger partial charge >= 0.3 is 6.18 Å². The van der Waals surface area contributed by atoms with Crippen molar-refractivity contribution in [3.8, 4) is 23.0 Å². The molecule has 0 aliphatic rings. The molecule has 1 radical (unpaired) electrons. The monoisotopic (exact) mass is 402 g/mol. The van der Waals surface area contributed by atoms with Crippen molar-refractivity contribution in [1.82, 2.24) is 0 Å². The minimum absolute atomic E-state index is 0.00378. The van der Waals surface area contributed by atoms with Crippen molar-refractivity contribution < 1.29 is 32.5 Å². The van der Waals surface area contributed by atoms with Crippen molar-refractivity contribution >= 4 is 11.6 Å². The van der Waals surface area contributed by atoms with Gasteiger partial charge in [0.15, 0.2) is 5.75 Å². The Balaban J connectivity index is 1.95. The molecule has 0 spiro atoms. The topological polar surface area (TPSA) is 67.8 Å². The molecule has 0 saturated carbocycles. The zero-order valence-corrected chi connectivity index (χ0v) is 15.1. The van der Waals surface area contributed by atoms with E-state index in [1.54, 1.807) is 24.3 Å². The molecule has 0 bridgehead atoms. The average Bonchev–Trinajstić information content (AvgIpc) is 2.69. The van der Waals surface area contributed by atoms with Gasteiger partial charge in [0.2, 0.25) is 0 Å². The van der Waals surface area contributed by atoms with Gasteiger partial charge in [-0.2, -0.15) is 13.2 Å². The zero-order chi connectivity index (χ0) is 21.0. The predicted molar refractivity (Wildman–Crippen MR) is 99.4 cm³/mol. The maximum absolute atomic E-state index is 13.1. The second-order valence-corrected chi connectivity index (χ2v) is 5.88. The lowest BCUT2D eigenvalue weighted by Gasteiger charge is -2.15. The van der Waals surface area contributed by atoms with Gasteiger partial charge in [0.1, 0.15) is 17.2 Å². The van der Waals surface area contributed by atoms with Crippen LogP contribution in [0, 0.1) is 6.07 Å². The SMILES string of the molecule is COc1ccc(Oc2ccc(C(F)(F)F)cc2NC(=O)c2c[c]ccc2O)cc1. The lowest BCUT2D eigenvalue weighted by atomic mass is 10.1. The van der Waals surface area contributed by atoms with Gasteiger partial charge < -0.3 is 19.9 Å². The first kappa shape index (κ1) is 20.1. The lowest BCUT2D eigenvalue weighted by Crippen LogP contribution is -2.14. The van der Waals surface area contributed by atoms with Crippen LogP contribution >= 0.6 is 0 Å². The first-order chi connectivity index (χ1) is 13.8. The number of carbonyl (C=O) groups is 1. The molecule has 5 nitrogen and oxygen atoms in total. The number of amides is 1. The summed E-state index contributed by atoms with van der Waals surface area (Å²) in [4.78, 5) is 12.4. The van der Waals surface area contributed by atoms with Gasteiger partial charge in [0.05, 0.1) is 23.9 Å². The second kappa shape index (κ2) is 8.14. The van der Waals surface area contributed by atoms with E-state index in [4.69, 9.17) is 9.47 Å². The predicted octanol–water partition coefficient (Wildman–Crippen LogP) is 5.26. The normalized spacial score (nSPS) is 11.0. The number of ether oxygens (including phenoxy) is 2. The molecule has 0 atom stereocenters. The number of anilines is 1. The molecule has 0 heterocycles. The van der Waals surface area contributed by atoms with Crippen LogP contribution in [0.1, 0.15) is 15.9 Å². The third-order valence-corrected chi connectivity index (χ3v) is 3.93. The van der Waals surface area contributed by atoms with Crippen LogP contribution in [0.5, 0.6) is 23.0 Å².